The lowest BCUT2D eigenvalue weighted by molar-refractivity contribution is -0.141. The predicted octanol–water partition coefficient (Wildman–Crippen LogP) is -0.0439. The lowest BCUT2D eigenvalue weighted by atomic mass is 10.3. The number of anilines is 1. The van der Waals surface area contributed by atoms with Gasteiger partial charge in [0.15, 0.2) is 0 Å². The number of aliphatic hydroxyl groups excluding tert-OH is 1. The number of alkyl halides is 3. The molecule has 1 aromatic heterocycles. The van der Waals surface area contributed by atoms with Crippen LogP contribution < -0.4 is 4.90 Å². The minimum Gasteiger partial charge on any atom is -0.394 e. The summed E-state index contributed by atoms with van der Waals surface area (Å²) >= 11 is 0. The topological polar surface area (TPSA) is 95.9 Å². The maximum absolute atomic E-state index is 12.7. The normalized spacial score (nSPS) is 17.0. The van der Waals surface area contributed by atoms with Crippen LogP contribution in [0.15, 0.2) is 12.3 Å². The highest BCUT2D eigenvalue weighted by Gasteiger charge is 2.34. The zero-order valence-electron chi connectivity index (χ0n) is 13.3. The molecular weight excluding hydrogens is 365 g/mol. The van der Waals surface area contributed by atoms with Gasteiger partial charge < -0.3 is 14.7 Å². The summed E-state index contributed by atoms with van der Waals surface area (Å²) in [5, 5.41) is 8.58. The van der Waals surface area contributed by atoms with Gasteiger partial charge in [0.2, 0.25) is 16.0 Å². The van der Waals surface area contributed by atoms with Gasteiger partial charge in [-0.15, -0.1) is 0 Å². The van der Waals surface area contributed by atoms with Crippen LogP contribution in [-0.4, -0.2) is 79.6 Å². The fourth-order valence-electron chi connectivity index (χ4n) is 2.28. The van der Waals surface area contributed by atoms with Crippen molar-refractivity contribution >= 4 is 16.0 Å². The summed E-state index contributed by atoms with van der Waals surface area (Å²) in [5.74, 6) is -0.286. The third-order valence-corrected chi connectivity index (χ3v) is 5.40. The standard InChI is InChI=1S/C13H19F3N4O4S/c14-13(15,16)11-1-2-17-12(18-11)19-3-5-20(6-4-19)25(22,23)10-9-24-8-7-21/h1-2,21H,3-10H2. The zero-order chi connectivity index (χ0) is 18.5. The fourth-order valence-corrected chi connectivity index (χ4v) is 3.59. The highest BCUT2D eigenvalue weighted by Crippen LogP contribution is 2.28. The number of aliphatic hydroxyl groups is 1. The molecule has 0 unspecified atom stereocenters. The zero-order valence-corrected chi connectivity index (χ0v) is 14.1. The van der Waals surface area contributed by atoms with Gasteiger partial charge in [-0.25, -0.2) is 18.4 Å². The average Bonchev–Trinajstić information content (AvgIpc) is 2.58. The molecule has 25 heavy (non-hydrogen) atoms. The maximum atomic E-state index is 12.7. The Kier molecular flexibility index (Phi) is 6.54. The summed E-state index contributed by atoms with van der Waals surface area (Å²) in [5.41, 5.74) is -1.03. The van der Waals surface area contributed by atoms with Crippen LogP contribution in [0.2, 0.25) is 0 Å². The molecule has 0 aromatic carbocycles. The van der Waals surface area contributed by atoms with Crippen molar-refractivity contribution in [3.05, 3.63) is 18.0 Å². The van der Waals surface area contributed by atoms with Gasteiger partial charge in [-0.05, 0) is 6.07 Å². The predicted molar refractivity (Wildman–Crippen MR) is 82.5 cm³/mol. The van der Waals surface area contributed by atoms with E-state index in [9.17, 15) is 21.6 Å². The molecular formula is C13H19F3N4O4S. The molecule has 0 amide bonds. The Bertz CT molecular complexity index is 663. The van der Waals surface area contributed by atoms with E-state index in [0.29, 0.717) is 0 Å². The van der Waals surface area contributed by atoms with E-state index in [4.69, 9.17) is 9.84 Å². The van der Waals surface area contributed by atoms with E-state index in [1.165, 1.54) is 9.21 Å². The molecule has 0 atom stereocenters. The van der Waals surface area contributed by atoms with Crippen molar-refractivity contribution in [2.24, 2.45) is 0 Å². The molecule has 12 heteroatoms. The number of halogens is 3. The number of piperazine rings is 1. The molecule has 0 radical (unpaired) electrons. The number of nitrogens with zero attached hydrogens (tertiary/aromatic N) is 4. The van der Waals surface area contributed by atoms with E-state index >= 15 is 0 Å². The molecule has 0 bridgehead atoms. The number of hydrogen-bond donors (Lipinski definition) is 1. The Morgan fingerprint density at radius 3 is 2.48 bits per heavy atom. The molecule has 1 N–H and O–H groups in total. The number of rotatable bonds is 7. The van der Waals surface area contributed by atoms with Crippen LogP contribution in [-0.2, 0) is 20.9 Å². The second-order valence-corrected chi connectivity index (χ2v) is 7.37. The number of ether oxygens (including phenoxy) is 1. The molecule has 1 aromatic rings. The van der Waals surface area contributed by atoms with Gasteiger partial charge in [0.05, 0.1) is 25.6 Å². The van der Waals surface area contributed by atoms with E-state index in [0.717, 1.165) is 12.3 Å². The smallest absolute Gasteiger partial charge is 0.394 e. The highest BCUT2D eigenvalue weighted by molar-refractivity contribution is 7.89. The van der Waals surface area contributed by atoms with E-state index in [-0.39, 0.29) is 57.7 Å². The van der Waals surface area contributed by atoms with Crippen molar-refractivity contribution in [2.45, 2.75) is 6.18 Å². The van der Waals surface area contributed by atoms with Gasteiger partial charge in [0, 0.05) is 32.4 Å². The minimum atomic E-state index is -4.56. The van der Waals surface area contributed by atoms with Gasteiger partial charge in [0.25, 0.3) is 0 Å². The van der Waals surface area contributed by atoms with Crippen molar-refractivity contribution in [1.82, 2.24) is 14.3 Å². The number of sulfonamides is 1. The van der Waals surface area contributed by atoms with Crippen molar-refractivity contribution in [1.29, 1.82) is 0 Å². The first-order valence-corrected chi connectivity index (χ1v) is 9.16. The van der Waals surface area contributed by atoms with Crippen molar-refractivity contribution in [3.63, 3.8) is 0 Å². The molecule has 2 heterocycles. The third-order valence-electron chi connectivity index (χ3n) is 3.57. The highest BCUT2D eigenvalue weighted by atomic mass is 32.2. The summed E-state index contributed by atoms with van der Waals surface area (Å²) in [6.45, 7) is 0.492. The molecule has 1 aliphatic heterocycles. The number of aromatic nitrogens is 2. The molecule has 1 aliphatic rings. The van der Waals surface area contributed by atoms with Crippen LogP contribution in [0.1, 0.15) is 5.69 Å². The Hall–Kier alpha value is -1.50. The first-order valence-electron chi connectivity index (χ1n) is 7.55. The third kappa shape index (κ3) is 5.49. The Balaban J connectivity index is 1.93. The summed E-state index contributed by atoms with van der Waals surface area (Å²) in [6, 6.07) is 0.788. The van der Waals surface area contributed by atoms with E-state index in [2.05, 4.69) is 9.97 Å². The lowest BCUT2D eigenvalue weighted by Crippen LogP contribution is -2.50. The quantitative estimate of drug-likeness (QED) is 0.659. The van der Waals surface area contributed by atoms with Crippen LogP contribution in [0.3, 0.4) is 0 Å². The van der Waals surface area contributed by atoms with Crippen molar-refractivity contribution in [2.75, 3.05) is 56.7 Å². The van der Waals surface area contributed by atoms with Gasteiger partial charge in [0.1, 0.15) is 5.69 Å². The SMILES string of the molecule is O=S(=O)(CCOCCO)N1CCN(c2nccc(C(F)(F)F)n2)CC1. The van der Waals surface area contributed by atoms with Crippen LogP contribution >= 0.6 is 0 Å². The summed E-state index contributed by atoms with van der Waals surface area (Å²) in [7, 11) is -3.52. The molecule has 2 rings (SSSR count). The van der Waals surface area contributed by atoms with Crippen LogP contribution in [0.4, 0.5) is 19.1 Å². The summed E-state index contributed by atoms with van der Waals surface area (Å²) in [4.78, 5) is 8.86. The lowest BCUT2D eigenvalue weighted by Gasteiger charge is -2.34. The van der Waals surface area contributed by atoms with Crippen LogP contribution in [0.5, 0.6) is 0 Å². The average molecular weight is 384 g/mol. The van der Waals surface area contributed by atoms with Gasteiger partial charge in [-0.2, -0.15) is 17.5 Å². The molecule has 142 valence electrons. The first-order chi connectivity index (χ1) is 11.7. The van der Waals surface area contributed by atoms with Gasteiger partial charge >= 0.3 is 6.18 Å². The van der Waals surface area contributed by atoms with Crippen molar-refractivity contribution < 1.29 is 31.4 Å². The second-order valence-electron chi connectivity index (χ2n) is 5.28. The molecule has 0 aliphatic carbocycles. The molecule has 0 saturated carbocycles. The second kappa shape index (κ2) is 8.25. The molecule has 1 saturated heterocycles. The molecule has 8 nitrogen and oxygen atoms in total. The van der Waals surface area contributed by atoms with Gasteiger partial charge in [-0.3, -0.25) is 0 Å². The Morgan fingerprint density at radius 2 is 1.88 bits per heavy atom. The van der Waals surface area contributed by atoms with Gasteiger partial charge in [-0.1, -0.05) is 0 Å². The Morgan fingerprint density at radius 1 is 1.20 bits per heavy atom. The van der Waals surface area contributed by atoms with Crippen LogP contribution in [0.25, 0.3) is 0 Å². The van der Waals surface area contributed by atoms with Crippen LogP contribution in [0, 0.1) is 0 Å². The first kappa shape index (κ1) is 19.8. The van der Waals surface area contributed by atoms with Crippen molar-refractivity contribution in [3.8, 4) is 0 Å². The largest absolute Gasteiger partial charge is 0.433 e. The summed E-state index contributed by atoms with van der Waals surface area (Å²) < 4.78 is 68.6. The fraction of sp³-hybridized carbons (Fsp3) is 0.692. The minimum absolute atomic E-state index is 0.0279. The van der Waals surface area contributed by atoms with E-state index in [1.807, 2.05) is 0 Å². The molecule has 1 fully saturated rings. The number of hydrogen-bond acceptors (Lipinski definition) is 7. The van der Waals surface area contributed by atoms with E-state index < -0.39 is 21.9 Å². The molecule has 0 spiro atoms. The monoisotopic (exact) mass is 384 g/mol. The maximum Gasteiger partial charge on any atom is 0.433 e. The van der Waals surface area contributed by atoms with E-state index in [1.54, 1.807) is 0 Å². The Labute approximate surface area is 143 Å². The summed E-state index contributed by atoms with van der Waals surface area (Å²) in [6.07, 6.45) is -3.52.